The molecular formula is C110H72FN19. The summed E-state index contributed by atoms with van der Waals surface area (Å²) >= 11 is 0. The Morgan fingerprint density at radius 2 is 0.385 bits per heavy atom. The normalized spacial score (nSPS) is 10.8. The van der Waals surface area contributed by atoms with Gasteiger partial charge in [0.25, 0.3) is 0 Å². The van der Waals surface area contributed by atoms with Crippen molar-refractivity contribution in [3.8, 4) is 210 Å². The predicted molar refractivity (Wildman–Crippen MR) is 507 cm³/mol. The lowest BCUT2D eigenvalue weighted by molar-refractivity contribution is 0.622. The second-order valence-corrected chi connectivity index (χ2v) is 30.0. The minimum Gasteiger partial charge on any atom is -0.254 e. The van der Waals surface area contributed by atoms with Crippen LogP contribution in [0.2, 0.25) is 0 Å². The van der Waals surface area contributed by atoms with E-state index in [0.717, 1.165) is 112 Å². The van der Waals surface area contributed by atoms with Gasteiger partial charge in [0.2, 0.25) is 0 Å². The molecule has 0 spiro atoms. The van der Waals surface area contributed by atoms with Gasteiger partial charge >= 0.3 is 0 Å². The summed E-state index contributed by atoms with van der Waals surface area (Å²) in [5.74, 6) is 4.79. The van der Waals surface area contributed by atoms with E-state index in [1.54, 1.807) is 36.9 Å². The molecule has 614 valence electrons. The molecule has 0 radical (unpaired) electrons. The van der Waals surface area contributed by atoms with Crippen molar-refractivity contribution in [2.45, 2.75) is 6.92 Å². The highest BCUT2D eigenvalue weighted by atomic mass is 19.1. The maximum absolute atomic E-state index is 13.6. The van der Waals surface area contributed by atoms with Crippen molar-refractivity contribution in [3.63, 3.8) is 0 Å². The fourth-order valence-electron chi connectivity index (χ4n) is 14.4. The molecule has 0 N–H and O–H groups in total. The highest BCUT2D eigenvalue weighted by Crippen LogP contribution is 2.37. The third-order valence-electron chi connectivity index (χ3n) is 21.1. The van der Waals surface area contributed by atoms with Gasteiger partial charge in [-0.05, 0) is 149 Å². The second-order valence-electron chi connectivity index (χ2n) is 30.0. The molecule has 20 heteroatoms. The molecule has 130 heavy (non-hydrogen) atoms. The second kappa shape index (κ2) is 38.3. The topological polar surface area (TPSA) is 256 Å². The van der Waals surface area contributed by atoms with Crippen molar-refractivity contribution in [2.75, 3.05) is 0 Å². The lowest BCUT2D eigenvalue weighted by Gasteiger charge is -2.11. The lowest BCUT2D eigenvalue weighted by Crippen LogP contribution is -2.00. The van der Waals surface area contributed by atoms with E-state index in [2.05, 4.69) is 57.4 Å². The fourth-order valence-corrected chi connectivity index (χ4v) is 14.4. The zero-order chi connectivity index (χ0) is 87.7. The number of nitriles is 1. The summed E-state index contributed by atoms with van der Waals surface area (Å²) in [7, 11) is 0. The van der Waals surface area contributed by atoms with Gasteiger partial charge in [0, 0.05) is 81.1 Å². The predicted octanol–water partition coefficient (Wildman–Crippen LogP) is 24.5. The molecule has 0 aliphatic heterocycles. The Labute approximate surface area is 748 Å². The zero-order valence-corrected chi connectivity index (χ0v) is 69.7. The Bertz CT molecular complexity index is 7050. The molecule has 0 bridgehead atoms. The molecule has 12 aromatic heterocycles. The molecule has 12 heterocycles. The van der Waals surface area contributed by atoms with Crippen LogP contribution in [-0.4, -0.2) is 89.7 Å². The van der Waals surface area contributed by atoms with Gasteiger partial charge < -0.3 is 0 Å². The van der Waals surface area contributed by atoms with E-state index in [1.165, 1.54) is 12.3 Å². The lowest BCUT2D eigenvalue weighted by atomic mass is 10.0. The maximum Gasteiger partial charge on any atom is 0.165 e. The quantitative estimate of drug-likeness (QED) is 0.0773. The average Bonchev–Trinajstić information content (AvgIpc) is 0.797. The van der Waals surface area contributed by atoms with Crippen molar-refractivity contribution in [3.05, 3.63) is 436 Å². The van der Waals surface area contributed by atoms with E-state index in [4.69, 9.17) is 74.8 Å². The standard InChI is InChI=1S/C37H23N7.C37H26N6.C36H23FN6/c38-22-25-16-18-31(39-23-25)33-20-30(26-10-4-1-5-11-26)21-34(41-33)32-19-17-29(24-40-32)37-43-35(27-12-6-2-7-13-27)42-36(44-37)28-14-8-3-9-15-28;1-25-17-19-31(38-23-25)33-21-30(26-11-5-2-6-12-26)22-34(40-33)32-20-18-29(24-39-32)37-42-35(27-13-7-3-8-14-27)41-36(43-37)28-15-9-4-10-16-28;37-29-17-19-31(39-23-29)33-21-28(24-10-4-1-5-11-24)20-32(40-33)30-18-16-27(22-38-30)36-42-34(25-12-6-2-7-13-25)41-35(43-36)26-14-8-3-9-15-26/h1-21,23-24H;2-24H,1H3;1-23H. The van der Waals surface area contributed by atoms with Crippen molar-refractivity contribution in [1.29, 1.82) is 5.26 Å². The Morgan fingerprint density at radius 3 is 0.585 bits per heavy atom. The van der Waals surface area contributed by atoms with Crippen LogP contribution in [0.5, 0.6) is 0 Å². The zero-order valence-electron chi connectivity index (χ0n) is 69.7. The number of rotatable bonds is 18. The van der Waals surface area contributed by atoms with Crippen LogP contribution in [0.4, 0.5) is 4.39 Å². The minimum absolute atomic E-state index is 0.399. The molecule has 21 aromatic rings. The Morgan fingerprint density at radius 1 is 0.177 bits per heavy atom. The summed E-state index contributed by atoms with van der Waals surface area (Å²) in [6, 6.07) is 126. The van der Waals surface area contributed by atoms with Crippen molar-refractivity contribution in [2.24, 2.45) is 0 Å². The summed E-state index contributed by atoms with van der Waals surface area (Å²) in [6.45, 7) is 2.03. The molecule has 21 rings (SSSR count). The molecular weight excluding hydrogens is 1610 g/mol. The number of aryl methyl sites for hydroxylation is 1. The fraction of sp³-hybridized carbons (Fsp3) is 0.00909. The van der Waals surface area contributed by atoms with Crippen molar-refractivity contribution in [1.82, 2.24) is 89.7 Å². The number of pyridine rings is 9. The molecule has 9 aromatic carbocycles. The molecule has 0 saturated carbocycles. The summed E-state index contributed by atoms with van der Waals surface area (Å²) in [5.41, 5.74) is 23.9. The van der Waals surface area contributed by atoms with Crippen LogP contribution in [0.25, 0.3) is 204 Å². The number of hydrogen-bond donors (Lipinski definition) is 0. The van der Waals surface area contributed by atoms with Gasteiger partial charge in [0.05, 0.1) is 80.1 Å². The highest BCUT2D eigenvalue weighted by molar-refractivity contribution is 5.80. The number of nitrogens with zero attached hydrogens (tertiary/aromatic N) is 19. The largest absolute Gasteiger partial charge is 0.254 e. The molecule has 19 nitrogen and oxygen atoms in total. The molecule has 0 atom stereocenters. The molecule has 0 amide bonds. The van der Waals surface area contributed by atoms with Crippen LogP contribution in [0.3, 0.4) is 0 Å². The summed E-state index contributed by atoms with van der Waals surface area (Å²) in [4.78, 5) is 85.7. The smallest absolute Gasteiger partial charge is 0.165 e. The molecule has 0 fully saturated rings. The van der Waals surface area contributed by atoms with Crippen LogP contribution in [0.15, 0.2) is 419 Å². The molecule has 0 aliphatic rings. The van der Waals surface area contributed by atoms with E-state index in [1.807, 2.05) is 341 Å². The van der Waals surface area contributed by atoms with Gasteiger partial charge in [-0.3, -0.25) is 29.9 Å². The van der Waals surface area contributed by atoms with E-state index >= 15 is 0 Å². The summed E-state index contributed by atoms with van der Waals surface area (Å²) in [6.07, 6.45) is 9.93. The van der Waals surface area contributed by atoms with Crippen LogP contribution in [0, 0.1) is 24.1 Å². The SMILES string of the molecule is Cc1ccc(-c2cc(-c3ccccc3)cc(-c3ccc(-c4nc(-c5ccccc5)nc(-c5ccccc5)n4)cn3)n2)nc1.Fc1ccc(-c2cc(-c3ccccc3)cc(-c3ccc(-c4nc(-c5ccccc5)nc(-c5ccccc5)n4)cn3)n2)nc1.N#Cc1ccc(-c2cc(-c3ccccc3)cc(-c3ccc(-c4nc(-c5ccccc5)nc(-c5ccccc5)n4)cn3)n2)nc1. The maximum atomic E-state index is 13.6. The van der Waals surface area contributed by atoms with Crippen LogP contribution in [0.1, 0.15) is 11.1 Å². The van der Waals surface area contributed by atoms with Crippen LogP contribution >= 0.6 is 0 Å². The number of hydrogen-bond acceptors (Lipinski definition) is 19. The van der Waals surface area contributed by atoms with Gasteiger partial charge in [-0.1, -0.05) is 279 Å². The van der Waals surface area contributed by atoms with Crippen molar-refractivity contribution < 1.29 is 4.39 Å². The Hall–Kier alpha value is -18.2. The first-order valence-electron chi connectivity index (χ1n) is 41.8. The summed E-state index contributed by atoms with van der Waals surface area (Å²) in [5, 5.41) is 9.21. The van der Waals surface area contributed by atoms with Crippen LogP contribution < -0.4 is 0 Å². The number of halogens is 1. The molecule has 0 saturated heterocycles. The Kier molecular flexibility index (Phi) is 24.0. The van der Waals surface area contributed by atoms with Gasteiger partial charge in [-0.25, -0.2) is 64.2 Å². The molecule has 0 unspecified atom stereocenters. The Balaban J connectivity index is 0.000000126. The minimum atomic E-state index is -0.399. The van der Waals surface area contributed by atoms with E-state index < -0.39 is 5.82 Å². The monoisotopic (exact) mass is 1680 g/mol. The van der Waals surface area contributed by atoms with E-state index in [9.17, 15) is 9.65 Å². The first-order chi connectivity index (χ1) is 64.1. The highest BCUT2D eigenvalue weighted by Gasteiger charge is 2.21. The van der Waals surface area contributed by atoms with Gasteiger partial charge in [0.1, 0.15) is 11.9 Å². The van der Waals surface area contributed by atoms with E-state index in [0.29, 0.717) is 104 Å². The van der Waals surface area contributed by atoms with Gasteiger partial charge in [-0.2, -0.15) is 5.26 Å². The van der Waals surface area contributed by atoms with Crippen LogP contribution in [-0.2, 0) is 0 Å². The first-order valence-corrected chi connectivity index (χ1v) is 41.8. The third kappa shape index (κ3) is 19.2. The molecule has 0 aliphatic carbocycles. The first kappa shape index (κ1) is 81.4. The van der Waals surface area contributed by atoms with E-state index in [-0.39, 0.29) is 0 Å². The van der Waals surface area contributed by atoms with Gasteiger partial charge in [-0.15, -0.1) is 0 Å². The van der Waals surface area contributed by atoms with Gasteiger partial charge in [0.15, 0.2) is 52.4 Å². The number of benzene rings is 9. The third-order valence-corrected chi connectivity index (χ3v) is 21.1. The van der Waals surface area contributed by atoms with Crippen molar-refractivity contribution >= 4 is 0 Å². The average molecular weight is 1680 g/mol. The summed E-state index contributed by atoms with van der Waals surface area (Å²) < 4.78 is 13.6. The number of aromatic nitrogens is 18.